The fraction of sp³-hybridized carbons (Fsp3) is 0.562. The number of carbonyl (C=O) groups excluding carboxylic acids is 1. The number of nitrogens with one attached hydrogen (secondary N) is 1. The molecule has 2 aliphatic rings. The number of hydrogen-bond donors (Lipinski definition) is 1. The lowest BCUT2D eigenvalue weighted by atomic mass is 9.96. The number of carbonyl (C=O) groups is 1. The Balaban J connectivity index is 0.00000208. The molecule has 134 valence electrons. The second-order valence-electron chi connectivity index (χ2n) is 6.27. The molecule has 0 bridgehead atoms. The van der Waals surface area contributed by atoms with Crippen LogP contribution in [-0.4, -0.2) is 52.0 Å². The lowest BCUT2D eigenvalue weighted by Gasteiger charge is -2.23. The lowest BCUT2D eigenvalue weighted by Crippen LogP contribution is -2.38. The van der Waals surface area contributed by atoms with Gasteiger partial charge in [-0.25, -0.2) is 8.42 Å². The minimum atomic E-state index is -3.51. The molecule has 24 heavy (non-hydrogen) atoms. The quantitative estimate of drug-likeness (QED) is 0.786. The largest absolute Gasteiger partial charge is 0.468 e. The van der Waals surface area contributed by atoms with E-state index in [-0.39, 0.29) is 29.3 Å². The summed E-state index contributed by atoms with van der Waals surface area (Å²) >= 11 is 0. The standard InChI is InChI=1S/C16H22N2O4S.ClH/c1-18(13-7-10-17-11-13)23(20,21)14-5-3-12(4-6-14)16(8-9-16)15(19)22-2;/h3-6,13,17H,7-11H2,1-2H3;1H. The van der Waals surface area contributed by atoms with Crippen LogP contribution in [0.25, 0.3) is 0 Å². The van der Waals surface area contributed by atoms with Gasteiger partial charge in [0.25, 0.3) is 0 Å². The van der Waals surface area contributed by atoms with Crippen LogP contribution in [0.5, 0.6) is 0 Å². The molecule has 1 atom stereocenters. The molecule has 6 nitrogen and oxygen atoms in total. The molecule has 2 fully saturated rings. The molecule has 0 radical (unpaired) electrons. The first kappa shape index (κ1) is 19.2. The van der Waals surface area contributed by atoms with Crippen molar-refractivity contribution in [2.24, 2.45) is 0 Å². The van der Waals surface area contributed by atoms with E-state index in [1.165, 1.54) is 11.4 Å². The number of ether oxygens (including phenoxy) is 1. The second kappa shape index (κ2) is 7.00. The van der Waals surface area contributed by atoms with Gasteiger partial charge in [-0.15, -0.1) is 12.4 Å². The first-order valence-electron chi connectivity index (χ1n) is 7.79. The van der Waals surface area contributed by atoms with Gasteiger partial charge < -0.3 is 10.1 Å². The summed E-state index contributed by atoms with van der Waals surface area (Å²) in [5, 5.41) is 3.18. The average Bonchev–Trinajstić information content (AvgIpc) is 3.20. The molecule has 1 aromatic carbocycles. The Labute approximate surface area is 149 Å². The molecule has 3 rings (SSSR count). The minimum Gasteiger partial charge on any atom is -0.468 e. The zero-order valence-corrected chi connectivity index (χ0v) is 15.5. The zero-order valence-electron chi connectivity index (χ0n) is 13.8. The molecule has 1 heterocycles. The van der Waals surface area contributed by atoms with Crippen molar-refractivity contribution < 1.29 is 17.9 Å². The Morgan fingerprint density at radius 2 is 1.92 bits per heavy atom. The highest BCUT2D eigenvalue weighted by Crippen LogP contribution is 2.49. The molecule has 1 aromatic rings. The molecular weight excluding hydrogens is 352 g/mol. The van der Waals surface area contributed by atoms with E-state index in [0.29, 0.717) is 6.54 Å². The molecule has 1 saturated heterocycles. The van der Waals surface area contributed by atoms with E-state index >= 15 is 0 Å². The predicted octanol–water partition coefficient (Wildman–Crippen LogP) is 1.30. The molecule has 1 unspecified atom stereocenters. The summed E-state index contributed by atoms with van der Waals surface area (Å²) < 4.78 is 31.7. The van der Waals surface area contributed by atoms with Crippen LogP contribution >= 0.6 is 12.4 Å². The van der Waals surface area contributed by atoms with Gasteiger partial charge in [0.1, 0.15) is 0 Å². The van der Waals surface area contributed by atoms with E-state index in [9.17, 15) is 13.2 Å². The third-order valence-corrected chi connectivity index (χ3v) is 6.88. The van der Waals surface area contributed by atoms with Crippen molar-refractivity contribution in [1.82, 2.24) is 9.62 Å². The van der Waals surface area contributed by atoms with Gasteiger partial charge in [0.2, 0.25) is 10.0 Å². The van der Waals surface area contributed by atoms with E-state index in [1.54, 1.807) is 31.3 Å². The smallest absolute Gasteiger partial charge is 0.316 e. The van der Waals surface area contributed by atoms with Crippen molar-refractivity contribution in [2.45, 2.75) is 35.6 Å². The van der Waals surface area contributed by atoms with Gasteiger partial charge in [0, 0.05) is 19.6 Å². The molecule has 0 amide bonds. The van der Waals surface area contributed by atoms with Crippen LogP contribution in [-0.2, 0) is 25.0 Å². The number of methoxy groups -OCH3 is 1. The van der Waals surface area contributed by atoms with Gasteiger partial charge in [-0.3, -0.25) is 4.79 Å². The molecule has 1 N–H and O–H groups in total. The van der Waals surface area contributed by atoms with E-state index in [4.69, 9.17) is 4.74 Å². The number of nitrogens with zero attached hydrogens (tertiary/aromatic N) is 1. The third kappa shape index (κ3) is 3.18. The van der Waals surface area contributed by atoms with Crippen LogP contribution in [0.4, 0.5) is 0 Å². The average molecular weight is 375 g/mol. The minimum absolute atomic E-state index is 0. The zero-order chi connectivity index (χ0) is 16.7. The highest BCUT2D eigenvalue weighted by atomic mass is 35.5. The van der Waals surface area contributed by atoms with Crippen molar-refractivity contribution in [3.8, 4) is 0 Å². The van der Waals surface area contributed by atoms with E-state index < -0.39 is 15.4 Å². The number of esters is 1. The molecular formula is C16H23ClN2O4S. The van der Waals surface area contributed by atoms with Crippen LogP contribution in [0.3, 0.4) is 0 Å². The number of benzene rings is 1. The Hall–Kier alpha value is -1.15. The Morgan fingerprint density at radius 1 is 1.29 bits per heavy atom. The summed E-state index contributed by atoms with van der Waals surface area (Å²) in [6.45, 7) is 1.52. The summed E-state index contributed by atoms with van der Waals surface area (Å²) in [5.74, 6) is -0.248. The maximum atomic E-state index is 12.7. The maximum absolute atomic E-state index is 12.7. The van der Waals surface area contributed by atoms with Gasteiger partial charge in [-0.05, 0) is 43.5 Å². The molecule has 0 spiro atoms. The van der Waals surface area contributed by atoms with Crippen molar-refractivity contribution >= 4 is 28.4 Å². The van der Waals surface area contributed by atoms with Crippen molar-refractivity contribution in [3.63, 3.8) is 0 Å². The first-order valence-corrected chi connectivity index (χ1v) is 9.23. The monoisotopic (exact) mass is 374 g/mol. The van der Waals surface area contributed by atoms with Crippen molar-refractivity contribution in [2.75, 3.05) is 27.2 Å². The summed E-state index contributed by atoms with van der Waals surface area (Å²) in [6, 6.07) is 6.64. The van der Waals surface area contributed by atoms with Gasteiger partial charge in [0.15, 0.2) is 0 Å². The Kier molecular flexibility index (Phi) is 5.59. The predicted molar refractivity (Wildman–Crippen MR) is 92.8 cm³/mol. The summed E-state index contributed by atoms with van der Waals surface area (Å²) in [7, 11) is -0.509. The summed E-state index contributed by atoms with van der Waals surface area (Å²) in [6.07, 6.45) is 2.32. The number of rotatable bonds is 5. The van der Waals surface area contributed by atoms with Gasteiger partial charge in [-0.1, -0.05) is 12.1 Å². The number of likely N-dealkylation sites (N-methyl/N-ethyl adjacent to an activating group) is 1. The van der Waals surface area contributed by atoms with Crippen LogP contribution in [0, 0.1) is 0 Å². The number of sulfonamides is 1. The first-order chi connectivity index (χ1) is 10.9. The number of hydrogen-bond acceptors (Lipinski definition) is 5. The van der Waals surface area contributed by atoms with Crippen LogP contribution in [0.15, 0.2) is 29.2 Å². The molecule has 1 aliphatic carbocycles. The van der Waals surface area contributed by atoms with Gasteiger partial charge in [-0.2, -0.15) is 4.31 Å². The van der Waals surface area contributed by atoms with Crippen LogP contribution < -0.4 is 5.32 Å². The van der Waals surface area contributed by atoms with Crippen LogP contribution in [0.1, 0.15) is 24.8 Å². The second-order valence-corrected chi connectivity index (χ2v) is 8.26. The molecule has 1 aliphatic heterocycles. The topological polar surface area (TPSA) is 75.7 Å². The number of halogens is 1. The van der Waals surface area contributed by atoms with Crippen molar-refractivity contribution in [3.05, 3.63) is 29.8 Å². The molecule has 8 heteroatoms. The SMILES string of the molecule is COC(=O)C1(c2ccc(S(=O)(=O)N(C)C3CCNC3)cc2)CC1.Cl. The van der Waals surface area contributed by atoms with E-state index in [1.807, 2.05) is 0 Å². The highest BCUT2D eigenvalue weighted by molar-refractivity contribution is 7.89. The maximum Gasteiger partial charge on any atom is 0.316 e. The van der Waals surface area contributed by atoms with E-state index in [2.05, 4.69) is 5.32 Å². The fourth-order valence-corrected chi connectivity index (χ4v) is 4.57. The van der Waals surface area contributed by atoms with Crippen molar-refractivity contribution in [1.29, 1.82) is 0 Å². The lowest BCUT2D eigenvalue weighted by molar-refractivity contribution is -0.143. The Bertz CT molecular complexity index is 695. The van der Waals surface area contributed by atoms with Crippen LogP contribution in [0.2, 0.25) is 0 Å². The normalized spacial score (nSPS) is 22.0. The Morgan fingerprint density at radius 3 is 2.38 bits per heavy atom. The molecule has 1 saturated carbocycles. The fourth-order valence-electron chi connectivity index (χ4n) is 3.19. The van der Waals surface area contributed by atoms with Gasteiger partial charge in [0.05, 0.1) is 17.4 Å². The molecule has 0 aromatic heterocycles. The summed E-state index contributed by atoms with van der Waals surface area (Å²) in [4.78, 5) is 12.2. The highest BCUT2D eigenvalue weighted by Gasteiger charge is 2.52. The van der Waals surface area contributed by atoms with E-state index in [0.717, 1.165) is 31.4 Å². The summed E-state index contributed by atoms with van der Waals surface area (Å²) in [5.41, 5.74) is 0.256. The van der Waals surface area contributed by atoms with Gasteiger partial charge >= 0.3 is 5.97 Å². The third-order valence-electron chi connectivity index (χ3n) is 4.96.